The van der Waals surface area contributed by atoms with Crippen molar-refractivity contribution in [3.63, 3.8) is 0 Å². The maximum atomic E-state index is 13.5. The Hall–Kier alpha value is -4.19. The number of carboxylic acid groups (broad SMARTS) is 1. The fourth-order valence-electron chi connectivity index (χ4n) is 4.57. The number of nitrogens with one attached hydrogen (secondary N) is 2. The van der Waals surface area contributed by atoms with Crippen molar-refractivity contribution < 1.29 is 37.1 Å². The van der Waals surface area contributed by atoms with E-state index in [1.807, 2.05) is 12.1 Å². The number of amides is 3. The van der Waals surface area contributed by atoms with E-state index < -0.39 is 42.4 Å². The first-order valence-electron chi connectivity index (χ1n) is 13.4. The predicted molar refractivity (Wildman–Crippen MR) is 159 cm³/mol. The summed E-state index contributed by atoms with van der Waals surface area (Å²) in [4.78, 5) is 37.8. The molecule has 1 atom stereocenters. The number of benzene rings is 3. The van der Waals surface area contributed by atoms with Gasteiger partial charge in [0.2, 0.25) is 6.17 Å². The topological polar surface area (TPSA) is 98.7 Å². The number of carboxylic acids is 1. The molecule has 4 rings (SSSR count). The lowest BCUT2D eigenvalue weighted by atomic mass is 9.93. The van der Waals surface area contributed by atoms with Crippen LogP contribution in [0.25, 0.3) is 5.57 Å². The summed E-state index contributed by atoms with van der Waals surface area (Å²) in [7, 11) is 0. The van der Waals surface area contributed by atoms with E-state index in [2.05, 4.69) is 32.6 Å². The van der Waals surface area contributed by atoms with Gasteiger partial charge in [0.25, 0.3) is 5.91 Å². The Labute approximate surface area is 253 Å². The van der Waals surface area contributed by atoms with Crippen molar-refractivity contribution in [2.45, 2.75) is 44.6 Å². The molecule has 1 aliphatic rings. The van der Waals surface area contributed by atoms with Crippen LogP contribution in [0.3, 0.4) is 0 Å². The molecule has 7 nitrogen and oxygen atoms in total. The minimum atomic E-state index is -4.61. The molecule has 1 aliphatic carbocycles. The number of alkyl halides is 4. The maximum absolute atomic E-state index is 13.5. The molecule has 0 fully saturated rings. The number of hydrogen-bond acceptors (Lipinski definition) is 3. The highest BCUT2D eigenvalue weighted by Gasteiger charge is 2.31. The Morgan fingerprint density at radius 3 is 2.28 bits per heavy atom. The van der Waals surface area contributed by atoms with Crippen LogP contribution in [0.1, 0.15) is 52.7 Å². The van der Waals surface area contributed by atoms with Crippen molar-refractivity contribution in [3.05, 3.63) is 99.5 Å². The molecule has 0 saturated carbocycles. The highest BCUT2D eigenvalue weighted by Crippen LogP contribution is 2.34. The molecule has 0 aliphatic heterocycles. The number of carbonyl (C=O) groups excluding carboxylic acids is 2. The molecule has 0 radical (unpaired) electrons. The van der Waals surface area contributed by atoms with Gasteiger partial charge < -0.3 is 15.7 Å². The minimum absolute atomic E-state index is 0.00146. The molecule has 226 valence electrons. The molecule has 0 spiro atoms. The van der Waals surface area contributed by atoms with Gasteiger partial charge in [-0.3, -0.25) is 9.69 Å². The quantitative estimate of drug-likeness (QED) is 0.204. The van der Waals surface area contributed by atoms with Crippen molar-refractivity contribution >= 4 is 50.8 Å². The first kappa shape index (κ1) is 31.7. The number of anilines is 2. The van der Waals surface area contributed by atoms with Gasteiger partial charge in [0.15, 0.2) is 0 Å². The molecule has 43 heavy (non-hydrogen) atoms. The van der Waals surface area contributed by atoms with Crippen molar-refractivity contribution in [1.29, 1.82) is 0 Å². The van der Waals surface area contributed by atoms with Crippen LogP contribution in [0, 0.1) is 0 Å². The number of allylic oxidation sites excluding steroid dienone is 2. The molecule has 1 unspecified atom stereocenters. The average molecular weight is 662 g/mol. The van der Waals surface area contributed by atoms with E-state index in [0.717, 1.165) is 43.4 Å². The summed E-state index contributed by atoms with van der Waals surface area (Å²) in [6, 6.07) is 15.8. The van der Waals surface area contributed by atoms with E-state index >= 15 is 0 Å². The molecule has 3 aromatic rings. The van der Waals surface area contributed by atoms with Gasteiger partial charge in [-0.15, -0.1) is 0 Å². The monoisotopic (exact) mass is 661 g/mol. The number of nitrogens with zero attached hydrogens (tertiary/aromatic N) is 1. The SMILES string of the molecule is O=C(NCC(F)C(=O)O)c1ccc(CN(C(=O)Nc2cc(Br)cc(C(F)(F)F)c2)c2ccc(C3=CCCCC3)cc2)cc1. The van der Waals surface area contributed by atoms with E-state index in [1.54, 1.807) is 24.3 Å². The highest BCUT2D eigenvalue weighted by atomic mass is 79.9. The van der Waals surface area contributed by atoms with Crippen LogP contribution in [-0.4, -0.2) is 35.7 Å². The summed E-state index contributed by atoms with van der Waals surface area (Å²) in [6.07, 6.45) is -0.470. The number of halogens is 5. The van der Waals surface area contributed by atoms with Crippen molar-refractivity contribution in [3.8, 4) is 0 Å². The first-order valence-corrected chi connectivity index (χ1v) is 14.2. The van der Waals surface area contributed by atoms with Crippen LogP contribution in [0.4, 0.5) is 33.7 Å². The zero-order chi connectivity index (χ0) is 31.1. The third kappa shape index (κ3) is 8.66. The summed E-state index contributed by atoms with van der Waals surface area (Å²) >= 11 is 3.07. The van der Waals surface area contributed by atoms with Gasteiger partial charge in [0.1, 0.15) is 0 Å². The van der Waals surface area contributed by atoms with Crippen LogP contribution < -0.4 is 15.5 Å². The summed E-state index contributed by atoms with van der Waals surface area (Å²) in [6.45, 7) is -0.691. The van der Waals surface area contributed by atoms with E-state index in [-0.39, 0.29) is 22.3 Å². The van der Waals surface area contributed by atoms with Gasteiger partial charge in [0, 0.05) is 21.4 Å². The van der Waals surface area contributed by atoms with Gasteiger partial charge in [-0.25, -0.2) is 14.0 Å². The Balaban J connectivity index is 1.57. The molecule has 3 aromatic carbocycles. The number of hydrogen-bond donors (Lipinski definition) is 3. The maximum Gasteiger partial charge on any atom is 0.416 e. The van der Waals surface area contributed by atoms with E-state index in [0.29, 0.717) is 11.3 Å². The molecular weight excluding hydrogens is 634 g/mol. The smallest absolute Gasteiger partial charge is 0.416 e. The summed E-state index contributed by atoms with van der Waals surface area (Å²) in [5.41, 5.74) is 2.50. The molecule has 0 bridgehead atoms. The van der Waals surface area contributed by atoms with Crippen molar-refractivity contribution in [2.24, 2.45) is 0 Å². The third-order valence-electron chi connectivity index (χ3n) is 6.83. The van der Waals surface area contributed by atoms with Gasteiger partial charge in [-0.05, 0) is 84.8 Å². The zero-order valence-electron chi connectivity index (χ0n) is 22.8. The molecule has 3 N–H and O–H groups in total. The molecule has 3 amide bonds. The van der Waals surface area contributed by atoms with E-state index in [4.69, 9.17) is 5.11 Å². The first-order chi connectivity index (χ1) is 20.4. The molecular formula is C31H28BrF4N3O4. The summed E-state index contributed by atoms with van der Waals surface area (Å²) < 4.78 is 53.6. The Morgan fingerprint density at radius 1 is 0.977 bits per heavy atom. The normalized spacial score (nSPS) is 13.9. The minimum Gasteiger partial charge on any atom is -0.479 e. The number of urea groups is 1. The van der Waals surface area contributed by atoms with Crippen molar-refractivity contribution in [2.75, 3.05) is 16.8 Å². The van der Waals surface area contributed by atoms with Crippen LogP contribution in [0.2, 0.25) is 0 Å². The van der Waals surface area contributed by atoms with E-state index in [9.17, 15) is 31.9 Å². The summed E-state index contributed by atoms with van der Waals surface area (Å²) in [5, 5.41) is 13.4. The Morgan fingerprint density at radius 2 is 1.67 bits per heavy atom. The van der Waals surface area contributed by atoms with Gasteiger partial charge >= 0.3 is 18.2 Å². The number of carbonyl (C=O) groups is 3. The lowest BCUT2D eigenvalue weighted by Crippen LogP contribution is -2.35. The largest absolute Gasteiger partial charge is 0.479 e. The van der Waals surface area contributed by atoms with Gasteiger partial charge in [0.05, 0.1) is 18.7 Å². The fourth-order valence-corrected chi connectivity index (χ4v) is 5.06. The van der Waals surface area contributed by atoms with Gasteiger partial charge in [-0.2, -0.15) is 13.2 Å². The van der Waals surface area contributed by atoms with Gasteiger partial charge in [-0.1, -0.05) is 46.3 Å². The summed E-state index contributed by atoms with van der Waals surface area (Å²) in [5.74, 6) is -2.36. The molecule has 0 heterocycles. The zero-order valence-corrected chi connectivity index (χ0v) is 24.3. The second kappa shape index (κ2) is 13.9. The average Bonchev–Trinajstić information content (AvgIpc) is 2.98. The molecule has 0 saturated heterocycles. The highest BCUT2D eigenvalue weighted by molar-refractivity contribution is 9.10. The molecule has 0 aromatic heterocycles. The van der Waals surface area contributed by atoms with Crippen molar-refractivity contribution in [1.82, 2.24) is 5.32 Å². The second-order valence-corrected chi connectivity index (χ2v) is 10.9. The predicted octanol–water partition coefficient (Wildman–Crippen LogP) is 7.82. The lowest BCUT2D eigenvalue weighted by molar-refractivity contribution is -0.142. The van der Waals surface area contributed by atoms with E-state index in [1.165, 1.54) is 28.7 Å². The second-order valence-electron chi connectivity index (χ2n) is 9.98. The Bertz CT molecular complexity index is 1510. The third-order valence-corrected chi connectivity index (χ3v) is 7.29. The van der Waals surface area contributed by atoms with Crippen LogP contribution >= 0.6 is 15.9 Å². The Kier molecular flexibility index (Phi) is 10.2. The number of rotatable bonds is 9. The van der Waals surface area contributed by atoms with Crippen LogP contribution in [0.5, 0.6) is 0 Å². The van der Waals surface area contributed by atoms with Crippen LogP contribution in [-0.2, 0) is 17.5 Å². The molecule has 12 heteroatoms. The fraction of sp³-hybridized carbons (Fsp3) is 0.258. The van der Waals surface area contributed by atoms with Crippen LogP contribution in [0.15, 0.2) is 77.3 Å². The lowest BCUT2D eigenvalue weighted by Gasteiger charge is -2.24. The standard InChI is InChI=1S/C31H28BrF4N3O4/c32-24-14-23(31(34,35)36)15-25(16-24)38-30(43)39(26-12-10-21(11-13-26)20-4-2-1-3-5-20)18-19-6-8-22(9-7-19)28(40)37-17-27(33)29(41)42/h4,6-16,27H,1-3,5,17-18H2,(H,37,40)(H,38,43)(H,41,42). The number of aliphatic carboxylic acids is 1.